The minimum absolute atomic E-state index is 0.168. The van der Waals surface area contributed by atoms with E-state index in [-0.39, 0.29) is 5.75 Å². The fourth-order valence-electron chi connectivity index (χ4n) is 4.49. The maximum absolute atomic E-state index is 10.1. The normalized spacial score (nSPS) is 11.6. The molecule has 0 unspecified atom stereocenters. The van der Waals surface area contributed by atoms with Crippen molar-refractivity contribution in [1.29, 1.82) is 0 Å². The van der Waals surface area contributed by atoms with Crippen LogP contribution < -0.4 is 14.0 Å². The van der Waals surface area contributed by atoms with Gasteiger partial charge in [-0.15, -0.1) is 0 Å². The number of phenols is 1. The van der Waals surface area contributed by atoms with Crippen molar-refractivity contribution < 1.29 is 5.11 Å². The molecular formula is C31H23Br2NOSb+. The summed E-state index contributed by atoms with van der Waals surface area (Å²) in [5, 5.41) is 10.1. The summed E-state index contributed by atoms with van der Waals surface area (Å²) < 4.78 is 6.67. The topological polar surface area (TPSA) is 32.6 Å². The minimum atomic E-state index is -3.59. The van der Waals surface area contributed by atoms with Crippen LogP contribution in [0.4, 0.5) is 5.69 Å². The Morgan fingerprint density at radius 1 is 0.583 bits per heavy atom. The summed E-state index contributed by atoms with van der Waals surface area (Å²) in [7, 11) is 0. The molecule has 0 spiro atoms. The van der Waals surface area contributed by atoms with Gasteiger partial charge in [0.25, 0.3) is 0 Å². The van der Waals surface area contributed by atoms with Gasteiger partial charge in [0.2, 0.25) is 0 Å². The molecule has 176 valence electrons. The van der Waals surface area contributed by atoms with Crippen molar-refractivity contribution in [1.82, 2.24) is 0 Å². The van der Waals surface area contributed by atoms with E-state index in [1.807, 2.05) is 18.3 Å². The monoisotopic (exact) mass is 704 g/mol. The molecule has 0 aromatic heterocycles. The Labute approximate surface area is 232 Å². The number of aliphatic imine (C=N–C) groups is 1. The molecule has 0 saturated carbocycles. The van der Waals surface area contributed by atoms with Crippen LogP contribution in [-0.4, -0.2) is 30.1 Å². The van der Waals surface area contributed by atoms with Gasteiger partial charge in [0.15, 0.2) is 0 Å². The first-order valence-electron chi connectivity index (χ1n) is 11.5. The molecule has 2 nitrogen and oxygen atoms in total. The quantitative estimate of drug-likeness (QED) is 0.170. The van der Waals surface area contributed by atoms with Crippen LogP contribution in [0, 0.1) is 0 Å². The van der Waals surface area contributed by atoms with E-state index in [0.29, 0.717) is 8.95 Å². The molecule has 5 rings (SSSR count). The Hall–Kier alpha value is -2.65. The van der Waals surface area contributed by atoms with Crippen LogP contribution in [0.1, 0.15) is 5.56 Å². The van der Waals surface area contributed by atoms with Crippen molar-refractivity contribution in [2.75, 3.05) is 0 Å². The third-order valence-corrected chi connectivity index (χ3v) is 19.7. The number of benzene rings is 5. The maximum atomic E-state index is 10.1. The van der Waals surface area contributed by atoms with Crippen molar-refractivity contribution >= 4 is 76.6 Å². The first kappa shape index (κ1) is 25.0. The van der Waals surface area contributed by atoms with Gasteiger partial charge < -0.3 is 0 Å². The summed E-state index contributed by atoms with van der Waals surface area (Å²) in [6.07, 6.45) is 1.96. The van der Waals surface area contributed by atoms with Gasteiger partial charge in [0.1, 0.15) is 0 Å². The fraction of sp³-hybridized carbons (Fsp3) is 0. The van der Waals surface area contributed by atoms with Gasteiger partial charge >= 0.3 is 234 Å². The molecule has 0 aliphatic carbocycles. The van der Waals surface area contributed by atoms with Crippen molar-refractivity contribution in [3.8, 4) is 5.75 Å². The zero-order chi connectivity index (χ0) is 25.0. The molecule has 0 radical (unpaired) electrons. The van der Waals surface area contributed by atoms with Crippen LogP contribution in [0.25, 0.3) is 0 Å². The van der Waals surface area contributed by atoms with Gasteiger partial charge in [-0.05, 0) is 0 Å². The average Bonchev–Trinajstić information content (AvgIpc) is 2.93. The van der Waals surface area contributed by atoms with Gasteiger partial charge in [-0.2, -0.15) is 0 Å². The second-order valence-corrected chi connectivity index (χ2v) is 19.6. The molecule has 0 saturated heterocycles. The van der Waals surface area contributed by atoms with Gasteiger partial charge in [-0.1, -0.05) is 0 Å². The Morgan fingerprint density at radius 3 is 1.47 bits per heavy atom. The van der Waals surface area contributed by atoms with Crippen molar-refractivity contribution in [2.45, 2.75) is 0 Å². The molecule has 5 aromatic carbocycles. The zero-order valence-corrected chi connectivity index (χ0v) is 25.0. The Kier molecular flexibility index (Phi) is 7.76. The zero-order valence-electron chi connectivity index (χ0n) is 19.3. The van der Waals surface area contributed by atoms with Gasteiger partial charge in [0.05, 0.1) is 0 Å². The number of halogens is 2. The molecule has 5 aromatic rings. The molecular weight excluding hydrogens is 684 g/mol. The average molecular weight is 707 g/mol. The van der Waals surface area contributed by atoms with E-state index < -0.39 is 18.8 Å². The summed E-state index contributed by atoms with van der Waals surface area (Å²) in [5.41, 5.74) is 1.85. The van der Waals surface area contributed by atoms with E-state index in [9.17, 15) is 5.11 Å². The van der Waals surface area contributed by atoms with Crippen LogP contribution >= 0.6 is 31.9 Å². The predicted octanol–water partition coefficient (Wildman–Crippen LogP) is 6.05. The van der Waals surface area contributed by atoms with Crippen LogP contribution in [0.2, 0.25) is 0 Å². The van der Waals surface area contributed by atoms with Crippen molar-refractivity contribution in [2.24, 2.45) is 4.99 Å². The molecule has 0 aliphatic rings. The van der Waals surface area contributed by atoms with Crippen LogP contribution in [0.3, 0.4) is 0 Å². The van der Waals surface area contributed by atoms with E-state index in [2.05, 4.69) is 147 Å². The Bertz CT molecular complexity index is 1390. The summed E-state index contributed by atoms with van der Waals surface area (Å²) >= 11 is 3.24. The number of phenolic OH excluding ortho intramolecular Hbond substituents is 1. The standard InChI is InChI=1S/C13H8Br2NO.3C6H5.Sb/c14-11-6-10(7-12(15)13(11)17)16-8-9-4-2-1-3-5-9;3*1-2-4-6-5-3-1;/h1-4,6-8,17H;3*1-5H;/q;;;;+1. The fourth-order valence-corrected chi connectivity index (χ4v) is 18.3. The molecule has 0 fully saturated rings. The number of aromatic hydroxyl groups is 1. The first-order valence-corrected chi connectivity index (χ1v) is 18.2. The van der Waals surface area contributed by atoms with E-state index in [4.69, 9.17) is 4.99 Å². The number of nitrogens with zero attached hydrogens (tertiary/aromatic N) is 1. The van der Waals surface area contributed by atoms with Crippen LogP contribution in [0.5, 0.6) is 5.75 Å². The number of hydrogen-bond acceptors (Lipinski definition) is 2. The first-order chi connectivity index (χ1) is 17.6. The van der Waals surface area contributed by atoms with E-state index >= 15 is 0 Å². The molecule has 0 bridgehead atoms. The third-order valence-electron chi connectivity index (χ3n) is 6.08. The van der Waals surface area contributed by atoms with Gasteiger partial charge in [-0.25, -0.2) is 0 Å². The molecule has 1 N–H and O–H groups in total. The molecule has 0 heterocycles. The second kappa shape index (κ2) is 11.2. The van der Waals surface area contributed by atoms with E-state index in [1.54, 1.807) is 0 Å². The molecule has 5 heteroatoms. The molecule has 36 heavy (non-hydrogen) atoms. The molecule has 0 aliphatic heterocycles. The Balaban J connectivity index is 1.79. The summed E-state index contributed by atoms with van der Waals surface area (Å²) in [4.78, 5) is 4.83. The van der Waals surface area contributed by atoms with Gasteiger partial charge in [-0.3, -0.25) is 0 Å². The molecule has 0 atom stereocenters. The Morgan fingerprint density at radius 2 is 1.00 bits per heavy atom. The third kappa shape index (κ3) is 4.83. The summed E-state index contributed by atoms with van der Waals surface area (Å²) in [6, 6.07) is 45.1. The second-order valence-electron chi connectivity index (χ2n) is 8.25. The van der Waals surface area contributed by atoms with Crippen molar-refractivity contribution in [3.05, 3.63) is 142 Å². The van der Waals surface area contributed by atoms with E-state index in [0.717, 1.165) is 11.3 Å². The van der Waals surface area contributed by atoms with Crippen LogP contribution in [0.15, 0.2) is 141 Å². The predicted molar refractivity (Wildman–Crippen MR) is 161 cm³/mol. The van der Waals surface area contributed by atoms with Gasteiger partial charge in [0, 0.05) is 0 Å². The number of hydrogen-bond donors (Lipinski definition) is 1. The van der Waals surface area contributed by atoms with Crippen molar-refractivity contribution in [3.63, 3.8) is 0 Å². The van der Waals surface area contributed by atoms with E-state index in [1.165, 1.54) is 14.0 Å². The SMILES string of the molecule is Oc1c(Br)cc(N=Cc2cccc[c]2[Sb+]([c]2ccccc2)([c]2ccccc2)[c]2ccccc2)cc1Br. The number of rotatable bonds is 6. The summed E-state index contributed by atoms with van der Waals surface area (Å²) in [6.45, 7) is 0. The molecule has 0 amide bonds. The van der Waals surface area contributed by atoms with Crippen LogP contribution in [-0.2, 0) is 0 Å². The summed E-state index contributed by atoms with van der Waals surface area (Å²) in [5.74, 6) is 0.168.